The van der Waals surface area contributed by atoms with Crippen molar-refractivity contribution in [2.24, 2.45) is 0 Å². The van der Waals surface area contributed by atoms with Crippen molar-refractivity contribution in [2.75, 3.05) is 36.0 Å². The predicted octanol–water partition coefficient (Wildman–Crippen LogP) is 5.21. The van der Waals surface area contributed by atoms with Crippen molar-refractivity contribution >= 4 is 34.9 Å². The molecular formula is C28H26ClFN4O3. The Bertz CT molecular complexity index is 1360. The maximum Gasteiger partial charge on any atom is 0.325 e. The molecule has 0 aromatic heterocycles. The van der Waals surface area contributed by atoms with Gasteiger partial charge in [0.15, 0.2) is 5.72 Å². The monoisotopic (exact) mass is 520 g/mol. The van der Waals surface area contributed by atoms with Crippen LogP contribution in [-0.2, 0) is 0 Å². The first-order valence-corrected chi connectivity index (χ1v) is 12.7. The molecule has 0 spiro atoms. The number of nitrogens with zero attached hydrogens (tertiary/aromatic N) is 3. The minimum absolute atomic E-state index is 0.0561. The van der Waals surface area contributed by atoms with Gasteiger partial charge in [-0.2, -0.15) is 0 Å². The number of amides is 3. The first-order valence-electron chi connectivity index (χ1n) is 12.3. The van der Waals surface area contributed by atoms with Crippen LogP contribution in [-0.4, -0.2) is 48.7 Å². The fourth-order valence-electron chi connectivity index (χ4n) is 5.49. The van der Waals surface area contributed by atoms with Crippen LogP contribution in [0, 0.1) is 5.82 Å². The summed E-state index contributed by atoms with van der Waals surface area (Å²) in [7, 11) is 0. The van der Waals surface area contributed by atoms with Crippen LogP contribution in [0.4, 0.5) is 20.6 Å². The summed E-state index contributed by atoms with van der Waals surface area (Å²) in [5.41, 5.74) is 2.15. The van der Waals surface area contributed by atoms with Gasteiger partial charge in [0.2, 0.25) is 0 Å². The largest absolute Gasteiger partial charge is 0.467 e. The van der Waals surface area contributed by atoms with Crippen LogP contribution in [0.2, 0.25) is 5.02 Å². The number of carbonyl (C=O) groups excluding carboxylic acids is 2. The SMILES string of the molecule is C[C@@]12C[C@@H](NC(=O)N1c1ccc(C(=O)N3CCN(c4ccc(F)cc4)CC3)cc1)c1cc(Cl)ccc1O2. The molecule has 2 bridgehead atoms. The van der Waals surface area contributed by atoms with Crippen LogP contribution in [0.3, 0.4) is 0 Å². The highest BCUT2D eigenvalue weighted by Gasteiger charge is 2.49. The van der Waals surface area contributed by atoms with Gasteiger partial charge in [-0.3, -0.25) is 9.69 Å². The van der Waals surface area contributed by atoms with Crippen molar-refractivity contribution in [3.63, 3.8) is 0 Å². The molecule has 0 aliphatic carbocycles. The van der Waals surface area contributed by atoms with Crippen molar-refractivity contribution in [3.8, 4) is 5.75 Å². The Balaban J connectivity index is 1.16. The van der Waals surface area contributed by atoms with Gasteiger partial charge in [-0.15, -0.1) is 0 Å². The first-order chi connectivity index (χ1) is 17.8. The lowest BCUT2D eigenvalue weighted by Crippen LogP contribution is -2.65. The lowest BCUT2D eigenvalue weighted by molar-refractivity contribution is 0.0379. The first kappa shape index (κ1) is 23.6. The van der Waals surface area contributed by atoms with Crippen molar-refractivity contribution in [1.29, 1.82) is 0 Å². The van der Waals surface area contributed by atoms with E-state index in [9.17, 15) is 14.0 Å². The van der Waals surface area contributed by atoms with Gasteiger partial charge in [0.1, 0.15) is 11.6 Å². The molecular weight excluding hydrogens is 495 g/mol. The third kappa shape index (κ3) is 4.25. The number of fused-ring (bicyclic) bond motifs is 4. The lowest BCUT2D eigenvalue weighted by Gasteiger charge is -2.50. The van der Waals surface area contributed by atoms with Gasteiger partial charge in [-0.05, 0) is 73.7 Å². The quantitative estimate of drug-likeness (QED) is 0.515. The summed E-state index contributed by atoms with van der Waals surface area (Å²) in [5, 5.41) is 3.66. The van der Waals surface area contributed by atoms with Gasteiger partial charge in [-0.1, -0.05) is 11.6 Å². The molecule has 9 heteroatoms. The molecule has 37 heavy (non-hydrogen) atoms. The summed E-state index contributed by atoms with van der Waals surface area (Å²) < 4.78 is 19.5. The molecule has 2 atom stereocenters. The molecule has 3 aliphatic heterocycles. The summed E-state index contributed by atoms with van der Waals surface area (Å²) >= 11 is 6.16. The molecule has 0 radical (unpaired) electrons. The number of hydrogen-bond donors (Lipinski definition) is 1. The molecule has 0 unspecified atom stereocenters. The van der Waals surface area contributed by atoms with Crippen LogP contribution >= 0.6 is 11.6 Å². The van der Waals surface area contributed by atoms with Crippen molar-refractivity contribution in [1.82, 2.24) is 10.2 Å². The van der Waals surface area contributed by atoms with E-state index in [1.807, 2.05) is 24.0 Å². The van der Waals surface area contributed by atoms with Gasteiger partial charge < -0.3 is 19.9 Å². The molecule has 7 nitrogen and oxygen atoms in total. The van der Waals surface area contributed by atoms with Crippen molar-refractivity contribution in [2.45, 2.75) is 25.1 Å². The Morgan fingerprint density at radius 3 is 2.38 bits per heavy atom. The van der Waals surface area contributed by atoms with E-state index in [1.54, 1.807) is 47.4 Å². The Morgan fingerprint density at radius 2 is 1.68 bits per heavy atom. The number of halogens is 2. The highest BCUT2D eigenvalue weighted by atomic mass is 35.5. The maximum atomic E-state index is 13.2. The summed E-state index contributed by atoms with van der Waals surface area (Å²) in [6.45, 7) is 4.39. The lowest BCUT2D eigenvalue weighted by atomic mass is 9.90. The Labute approximate surface area is 219 Å². The van der Waals surface area contributed by atoms with E-state index in [-0.39, 0.29) is 23.8 Å². The second kappa shape index (κ2) is 8.95. The molecule has 0 saturated carbocycles. The zero-order chi connectivity index (χ0) is 25.7. The Kier molecular flexibility index (Phi) is 5.71. The highest BCUT2D eigenvalue weighted by Crippen LogP contribution is 2.46. The molecule has 6 rings (SSSR count). The number of rotatable bonds is 3. The second-order valence-corrected chi connectivity index (χ2v) is 10.2. The summed E-state index contributed by atoms with van der Waals surface area (Å²) in [6, 6.07) is 18.5. The van der Waals surface area contributed by atoms with Crippen LogP contribution < -0.4 is 19.9 Å². The molecule has 3 aliphatic rings. The Hall–Kier alpha value is -3.78. The van der Waals surface area contributed by atoms with E-state index in [0.29, 0.717) is 54.6 Å². The van der Waals surface area contributed by atoms with E-state index in [4.69, 9.17) is 16.3 Å². The van der Waals surface area contributed by atoms with Gasteiger partial charge in [-0.25, -0.2) is 9.18 Å². The van der Waals surface area contributed by atoms with Gasteiger partial charge in [0, 0.05) is 60.1 Å². The number of anilines is 2. The number of benzene rings is 3. The molecule has 3 amide bonds. The van der Waals surface area contributed by atoms with Crippen LogP contribution in [0.5, 0.6) is 5.75 Å². The zero-order valence-corrected chi connectivity index (χ0v) is 21.0. The summed E-state index contributed by atoms with van der Waals surface area (Å²) in [5.74, 6) is 0.376. The smallest absolute Gasteiger partial charge is 0.325 e. The van der Waals surface area contributed by atoms with Gasteiger partial charge >= 0.3 is 6.03 Å². The van der Waals surface area contributed by atoms with E-state index in [1.165, 1.54) is 12.1 Å². The van der Waals surface area contributed by atoms with E-state index in [2.05, 4.69) is 10.2 Å². The van der Waals surface area contributed by atoms with E-state index >= 15 is 0 Å². The number of urea groups is 1. The van der Waals surface area contributed by atoms with Gasteiger partial charge in [0.25, 0.3) is 5.91 Å². The molecule has 190 valence electrons. The molecule has 2 saturated heterocycles. The van der Waals surface area contributed by atoms with Crippen LogP contribution in [0.25, 0.3) is 0 Å². The third-order valence-electron chi connectivity index (χ3n) is 7.36. The number of carbonyl (C=O) groups is 2. The minimum atomic E-state index is -0.879. The average molecular weight is 521 g/mol. The van der Waals surface area contributed by atoms with Crippen molar-refractivity contribution in [3.05, 3.63) is 88.7 Å². The number of piperazine rings is 1. The van der Waals surface area contributed by atoms with Crippen LogP contribution in [0.1, 0.15) is 35.3 Å². The zero-order valence-electron chi connectivity index (χ0n) is 20.3. The molecule has 3 aromatic rings. The van der Waals surface area contributed by atoms with Gasteiger partial charge in [0.05, 0.1) is 6.04 Å². The predicted molar refractivity (Wildman–Crippen MR) is 140 cm³/mol. The normalized spacial score (nSPS) is 22.7. The Morgan fingerprint density at radius 1 is 1.00 bits per heavy atom. The van der Waals surface area contributed by atoms with Crippen molar-refractivity contribution < 1.29 is 18.7 Å². The number of ether oxygens (including phenoxy) is 1. The molecule has 1 N–H and O–H groups in total. The minimum Gasteiger partial charge on any atom is -0.467 e. The fourth-order valence-corrected chi connectivity index (χ4v) is 5.67. The summed E-state index contributed by atoms with van der Waals surface area (Å²) in [4.78, 5) is 31.9. The maximum absolute atomic E-state index is 13.2. The molecule has 3 aromatic carbocycles. The second-order valence-electron chi connectivity index (χ2n) is 9.80. The van der Waals surface area contributed by atoms with E-state index in [0.717, 1.165) is 11.3 Å². The fraction of sp³-hybridized carbons (Fsp3) is 0.286. The topological polar surface area (TPSA) is 65.1 Å². The third-order valence-corrected chi connectivity index (χ3v) is 7.60. The number of hydrogen-bond acceptors (Lipinski definition) is 4. The molecule has 2 fully saturated rings. The highest BCUT2D eigenvalue weighted by molar-refractivity contribution is 6.30. The summed E-state index contributed by atoms with van der Waals surface area (Å²) in [6.07, 6.45) is 0.561. The van der Waals surface area contributed by atoms with Crippen LogP contribution in [0.15, 0.2) is 66.7 Å². The van der Waals surface area contributed by atoms with E-state index < -0.39 is 5.72 Å². The molecule has 3 heterocycles. The number of nitrogens with one attached hydrogen (secondary N) is 1. The average Bonchev–Trinajstić information content (AvgIpc) is 2.89. The standard InChI is InChI=1S/C28H26ClFN4O3/c1-28-17-24(23-16-19(29)4-11-25(23)37-28)31-27(36)34(28)22-7-2-18(3-8-22)26(35)33-14-12-32(13-15-33)21-9-5-20(30)6-10-21/h2-11,16,24H,12-15,17H2,1H3,(H,31,36)/t24-,28-/m1/s1.